The van der Waals surface area contributed by atoms with Crippen LogP contribution in [-0.2, 0) is 10.2 Å². The Morgan fingerprint density at radius 3 is 2.19 bits per heavy atom. The lowest BCUT2D eigenvalue weighted by Crippen LogP contribution is -2.31. The second kappa shape index (κ2) is 7.99. The molecule has 0 spiro atoms. The molecule has 1 aromatic heterocycles. The van der Waals surface area contributed by atoms with E-state index >= 15 is 0 Å². The van der Waals surface area contributed by atoms with Gasteiger partial charge in [0, 0.05) is 6.20 Å². The van der Waals surface area contributed by atoms with Gasteiger partial charge in [0.2, 0.25) is 5.91 Å². The third kappa shape index (κ3) is 5.37. The molecule has 0 aliphatic heterocycles. The summed E-state index contributed by atoms with van der Waals surface area (Å²) in [6, 6.07) is 9.55. The second-order valence-corrected chi connectivity index (χ2v) is 7.29. The molecule has 0 saturated carbocycles. The number of hydrogen-bond donors (Lipinski definition) is 3. The highest BCUT2D eigenvalue weighted by Crippen LogP contribution is 2.25. The molecule has 4 N–H and O–H groups in total. The zero-order valence-corrected chi connectivity index (χ0v) is 15.5. The summed E-state index contributed by atoms with van der Waals surface area (Å²) < 4.78 is 0. The van der Waals surface area contributed by atoms with Gasteiger partial charge in [-0.05, 0) is 28.7 Å². The van der Waals surface area contributed by atoms with Crippen LogP contribution in [0.4, 0.5) is 0 Å². The van der Waals surface area contributed by atoms with Gasteiger partial charge in [-0.2, -0.15) is 0 Å². The average molecular weight is 369 g/mol. The Kier molecular flexibility index (Phi) is 5.95. The first-order valence-electron chi connectivity index (χ1n) is 8.47. The number of carboxylic acid groups (broad SMARTS) is 1. The standard InChI is InChI=1S/C20H23N3O4/c1-20(2,3)14-7-4-12(5-8-14)16(10-17(24)25)23-19(27)15-9-6-13(11-22-15)18(21)26/h4-9,11,16H,10H2,1-3H3,(H2,21,26)(H,23,27)(H,24,25). The SMILES string of the molecule is CC(C)(C)c1ccc(C(CC(=O)O)NC(=O)c2ccc(C(N)=O)cn2)cc1. The number of amides is 2. The molecule has 1 atom stereocenters. The van der Waals surface area contributed by atoms with Crippen molar-refractivity contribution < 1.29 is 19.5 Å². The minimum absolute atomic E-state index is 0.0316. The topological polar surface area (TPSA) is 122 Å². The third-order valence-corrected chi connectivity index (χ3v) is 4.14. The van der Waals surface area contributed by atoms with Crippen molar-refractivity contribution in [2.45, 2.75) is 38.6 Å². The highest BCUT2D eigenvalue weighted by atomic mass is 16.4. The van der Waals surface area contributed by atoms with Gasteiger partial charge < -0.3 is 16.2 Å². The van der Waals surface area contributed by atoms with E-state index in [1.54, 1.807) is 0 Å². The summed E-state index contributed by atoms with van der Waals surface area (Å²) in [4.78, 5) is 38.7. The lowest BCUT2D eigenvalue weighted by Gasteiger charge is -2.21. The van der Waals surface area contributed by atoms with E-state index in [1.165, 1.54) is 18.3 Å². The molecule has 0 aliphatic rings. The Morgan fingerprint density at radius 1 is 1.11 bits per heavy atom. The molecular formula is C20H23N3O4. The van der Waals surface area contributed by atoms with Crippen LogP contribution in [0.15, 0.2) is 42.6 Å². The number of hydrogen-bond acceptors (Lipinski definition) is 4. The van der Waals surface area contributed by atoms with Gasteiger partial charge in [0.05, 0.1) is 18.0 Å². The fourth-order valence-electron chi connectivity index (χ4n) is 2.55. The molecule has 0 fully saturated rings. The number of carbonyl (C=O) groups is 3. The maximum absolute atomic E-state index is 12.4. The van der Waals surface area contributed by atoms with Crippen molar-refractivity contribution in [2.75, 3.05) is 0 Å². The Hall–Kier alpha value is -3.22. The molecule has 7 heteroatoms. The van der Waals surface area contributed by atoms with Crippen molar-refractivity contribution in [3.8, 4) is 0 Å². The number of nitrogens with two attached hydrogens (primary N) is 1. The Labute approximate surface area is 157 Å². The first kappa shape index (κ1) is 20.1. The van der Waals surface area contributed by atoms with Gasteiger partial charge in [-0.15, -0.1) is 0 Å². The number of primary amides is 1. The van der Waals surface area contributed by atoms with Gasteiger partial charge in [-0.25, -0.2) is 0 Å². The van der Waals surface area contributed by atoms with Crippen LogP contribution in [0, 0.1) is 0 Å². The summed E-state index contributed by atoms with van der Waals surface area (Å²) in [6.07, 6.45) is 0.946. The first-order valence-corrected chi connectivity index (χ1v) is 8.47. The van der Waals surface area contributed by atoms with Crippen molar-refractivity contribution in [1.29, 1.82) is 0 Å². The summed E-state index contributed by atoms with van der Waals surface area (Å²) in [5, 5.41) is 11.9. The molecule has 142 valence electrons. The summed E-state index contributed by atoms with van der Waals surface area (Å²) in [5.41, 5.74) is 7.17. The predicted molar refractivity (Wildman–Crippen MR) is 100 cm³/mol. The molecule has 0 radical (unpaired) electrons. The Bertz CT molecular complexity index is 837. The molecule has 2 amide bonds. The third-order valence-electron chi connectivity index (χ3n) is 4.14. The van der Waals surface area contributed by atoms with Crippen molar-refractivity contribution >= 4 is 17.8 Å². The monoisotopic (exact) mass is 369 g/mol. The van der Waals surface area contributed by atoms with Crippen LogP contribution in [0.1, 0.15) is 65.2 Å². The molecule has 0 bridgehead atoms. The quantitative estimate of drug-likeness (QED) is 0.722. The lowest BCUT2D eigenvalue weighted by molar-refractivity contribution is -0.137. The van der Waals surface area contributed by atoms with Crippen molar-refractivity contribution in [3.05, 3.63) is 65.0 Å². The van der Waals surface area contributed by atoms with Crippen LogP contribution in [0.2, 0.25) is 0 Å². The van der Waals surface area contributed by atoms with Crippen molar-refractivity contribution in [2.24, 2.45) is 5.73 Å². The molecule has 1 unspecified atom stereocenters. The highest BCUT2D eigenvalue weighted by Gasteiger charge is 2.21. The van der Waals surface area contributed by atoms with Crippen LogP contribution >= 0.6 is 0 Å². The Morgan fingerprint density at radius 2 is 1.74 bits per heavy atom. The van der Waals surface area contributed by atoms with E-state index in [2.05, 4.69) is 31.1 Å². The van der Waals surface area contributed by atoms with Crippen molar-refractivity contribution in [3.63, 3.8) is 0 Å². The van der Waals surface area contributed by atoms with E-state index in [-0.39, 0.29) is 23.1 Å². The summed E-state index contributed by atoms with van der Waals surface area (Å²) in [5.74, 6) is -2.20. The largest absolute Gasteiger partial charge is 0.481 e. The number of carbonyl (C=O) groups excluding carboxylic acids is 2. The average Bonchev–Trinajstić information content (AvgIpc) is 2.60. The number of nitrogens with zero attached hydrogens (tertiary/aromatic N) is 1. The smallest absolute Gasteiger partial charge is 0.305 e. The molecule has 27 heavy (non-hydrogen) atoms. The fourth-order valence-corrected chi connectivity index (χ4v) is 2.55. The van der Waals surface area contributed by atoms with Gasteiger partial charge in [0.25, 0.3) is 5.91 Å². The lowest BCUT2D eigenvalue weighted by atomic mass is 9.86. The maximum Gasteiger partial charge on any atom is 0.305 e. The number of pyridine rings is 1. The minimum atomic E-state index is -1.03. The normalized spacial score (nSPS) is 12.3. The minimum Gasteiger partial charge on any atom is -0.481 e. The molecule has 1 heterocycles. The maximum atomic E-state index is 12.4. The highest BCUT2D eigenvalue weighted by molar-refractivity contribution is 5.95. The molecule has 0 saturated heterocycles. The predicted octanol–water partition coefficient (Wildman–Crippen LogP) is 2.42. The molecular weight excluding hydrogens is 346 g/mol. The summed E-state index contributed by atoms with van der Waals surface area (Å²) in [7, 11) is 0. The van der Waals surface area contributed by atoms with Gasteiger partial charge in [-0.1, -0.05) is 45.0 Å². The van der Waals surface area contributed by atoms with Crippen LogP contribution in [-0.4, -0.2) is 27.9 Å². The van der Waals surface area contributed by atoms with E-state index in [9.17, 15) is 19.5 Å². The van der Waals surface area contributed by atoms with E-state index in [0.717, 1.165) is 5.56 Å². The van der Waals surface area contributed by atoms with Crippen LogP contribution in [0.25, 0.3) is 0 Å². The molecule has 7 nitrogen and oxygen atoms in total. The van der Waals surface area contributed by atoms with Gasteiger partial charge in [-0.3, -0.25) is 19.4 Å². The van der Waals surface area contributed by atoms with Gasteiger partial charge in [0.1, 0.15) is 5.69 Å². The van der Waals surface area contributed by atoms with Crippen LogP contribution in [0.3, 0.4) is 0 Å². The first-order chi connectivity index (χ1) is 12.6. The number of carboxylic acids is 1. The zero-order valence-electron chi connectivity index (χ0n) is 15.5. The van der Waals surface area contributed by atoms with E-state index in [0.29, 0.717) is 5.56 Å². The van der Waals surface area contributed by atoms with E-state index in [4.69, 9.17) is 5.73 Å². The number of aliphatic carboxylic acids is 1. The fraction of sp³-hybridized carbons (Fsp3) is 0.300. The molecule has 0 aliphatic carbocycles. The number of aromatic nitrogens is 1. The summed E-state index contributed by atoms with van der Waals surface area (Å²) >= 11 is 0. The second-order valence-electron chi connectivity index (χ2n) is 7.29. The van der Waals surface area contributed by atoms with E-state index in [1.807, 2.05) is 24.3 Å². The molecule has 1 aromatic carbocycles. The van der Waals surface area contributed by atoms with Crippen molar-refractivity contribution in [1.82, 2.24) is 10.3 Å². The summed E-state index contributed by atoms with van der Waals surface area (Å²) in [6.45, 7) is 6.25. The Balaban J connectivity index is 2.22. The van der Waals surface area contributed by atoms with Gasteiger partial charge in [0.15, 0.2) is 0 Å². The number of benzene rings is 1. The van der Waals surface area contributed by atoms with E-state index < -0.39 is 23.8 Å². The number of nitrogens with one attached hydrogen (secondary N) is 1. The molecule has 2 aromatic rings. The van der Waals surface area contributed by atoms with Gasteiger partial charge >= 0.3 is 5.97 Å². The van der Waals surface area contributed by atoms with Crippen LogP contribution in [0.5, 0.6) is 0 Å². The zero-order chi connectivity index (χ0) is 20.2. The molecule has 2 rings (SSSR count). The van der Waals surface area contributed by atoms with Crippen LogP contribution < -0.4 is 11.1 Å². The number of rotatable bonds is 6.